The van der Waals surface area contributed by atoms with Crippen LogP contribution in [0.15, 0.2) is 30.4 Å². The number of nitrogens with one attached hydrogen (secondary N) is 1. The standard InChI is InChI=1S/C13H18FN/c1-3-4-5-8-15-10-12-6-7-13(14)9-11(12)2/h3-4,6-7,9,15H,5,8,10H2,1-2H3/b4-3+. The number of aryl methyl sites for hydroxylation is 1. The first-order valence-electron chi connectivity index (χ1n) is 5.31. The van der Waals surface area contributed by atoms with Gasteiger partial charge in [0.1, 0.15) is 5.82 Å². The van der Waals surface area contributed by atoms with Crippen molar-refractivity contribution in [2.75, 3.05) is 6.54 Å². The summed E-state index contributed by atoms with van der Waals surface area (Å²) in [5.74, 6) is -0.162. The Labute approximate surface area is 91.0 Å². The van der Waals surface area contributed by atoms with Gasteiger partial charge in [0.15, 0.2) is 0 Å². The van der Waals surface area contributed by atoms with Gasteiger partial charge in [-0.2, -0.15) is 0 Å². The molecule has 0 aliphatic carbocycles. The molecule has 0 unspecified atom stereocenters. The van der Waals surface area contributed by atoms with Crippen LogP contribution in [0.25, 0.3) is 0 Å². The molecule has 0 atom stereocenters. The minimum atomic E-state index is -0.162. The molecule has 82 valence electrons. The predicted octanol–water partition coefficient (Wildman–Crippen LogP) is 3.19. The topological polar surface area (TPSA) is 12.0 Å². The second kappa shape index (κ2) is 6.36. The van der Waals surface area contributed by atoms with Gasteiger partial charge in [-0.3, -0.25) is 0 Å². The molecule has 1 rings (SSSR count). The highest BCUT2D eigenvalue weighted by Crippen LogP contribution is 2.09. The maximum absolute atomic E-state index is 12.8. The van der Waals surface area contributed by atoms with Crippen LogP contribution in [0.5, 0.6) is 0 Å². The Balaban J connectivity index is 2.37. The summed E-state index contributed by atoms with van der Waals surface area (Å²) in [6.45, 7) is 5.72. The van der Waals surface area contributed by atoms with E-state index in [4.69, 9.17) is 0 Å². The second-order valence-corrected chi connectivity index (χ2v) is 3.61. The average Bonchev–Trinajstić information content (AvgIpc) is 2.20. The summed E-state index contributed by atoms with van der Waals surface area (Å²) in [5, 5.41) is 3.32. The number of hydrogen-bond acceptors (Lipinski definition) is 1. The third-order valence-corrected chi connectivity index (χ3v) is 2.34. The first kappa shape index (κ1) is 11.9. The van der Waals surface area contributed by atoms with Gasteiger partial charge in [-0.15, -0.1) is 0 Å². The number of allylic oxidation sites excluding steroid dienone is 1. The van der Waals surface area contributed by atoms with E-state index in [1.807, 2.05) is 26.0 Å². The summed E-state index contributed by atoms with van der Waals surface area (Å²) in [6.07, 6.45) is 5.21. The van der Waals surface area contributed by atoms with E-state index in [-0.39, 0.29) is 5.82 Å². The second-order valence-electron chi connectivity index (χ2n) is 3.61. The largest absolute Gasteiger partial charge is 0.312 e. The van der Waals surface area contributed by atoms with Crippen molar-refractivity contribution in [3.05, 3.63) is 47.3 Å². The summed E-state index contributed by atoms with van der Waals surface area (Å²) >= 11 is 0. The molecule has 1 aromatic carbocycles. The van der Waals surface area contributed by atoms with Gasteiger partial charge in [-0.05, 0) is 50.1 Å². The molecule has 0 spiro atoms. The van der Waals surface area contributed by atoms with E-state index >= 15 is 0 Å². The zero-order chi connectivity index (χ0) is 11.1. The van der Waals surface area contributed by atoms with Crippen LogP contribution in [-0.4, -0.2) is 6.54 Å². The minimum Gasteiger partial charge on any atom is -0.312 e. The van der Waals surface area contributed by atoms with Crippen LogP contribution in [0.3, 0.4) is 0 Å². The zero-order valence-electron chi connectivity index (χ0n) is 9.39. The van der Waals surface area contributed by atoms with Gasteiger partial charge in [0.2, 0.25) is 0 Å². The number of benzene rings is 1. The van der Waals surface area contributed by atoms with Crippen molar-refractivity contribution in [3.8, 4) is 0 Å². The van der Waals surface area contributed by atoms with Crippen LogP contribution in [0, 0.1) is 12.7 Å². The lowest BCUT2D eigenvalue weighted by Crippen LogP contribution is -2.14. The van der Waals surface area contributed by atoms with Crippen LogP contribution in [0.2, 0.25) is 0 Å². The van der Waals surface area contributed by atoms with Crippen molar-refractivity contribution in [1.29, 1.82) is 0 Å². The van der Waals surface area contributed by atoms with Crippen molar-refractivity contribution in [2.45, 2.75) is 26.8 Å². The smallest absolute Gasteiger partial charge is 0.123 e. The van der Waals surface area contributed by atoms with Crippen LogP contribution in [0.4, 0.5) is 4.39 Å². The molecule has 0 heterocycles. The lowest BCUT2D eigenvalue weighted by atomic mass is 10.1. The Hall–Kier alpha value is -1.15. The van der Waals surface area contributed by atoms with Crippen molar-refractivity contribution in [3.63, 3.8) is 0 Å². The Morgan fingerprint density at radius 3 is 2.87 bits per heavy atom. The van der Waals surface area contributed by atoms with E-state index in [2.05, 4.69) is 11.4 Å². The summed E-state index contributed by atoms with van der Waals surface area (Å²) in [6, 6.07) is 4.92. The van der Waals surface area contributed by atoms with Gasteiger partial charge in [0, 0.05) is 6.54 Å². The molecular formula is C13H18FN. The van der Waals surface area contributed by atoms with E-state index in [1.165, 1.54) is 6.07 Å². The molecule has 1 aromatic rings. The molecule has 0 aliphatic heterocycles. The van der Waals surface area contributed by atoms with Gasteiger partial charge in [-0.25, -0.2) is 4.39 Å². The van der Waals surface area contributed by atoms with Crippen LogP contribution in [0.1, 0.15) is 24.5 Å². The molecule has 0 saturated heterocycles. The molecular weight excluding hydrogens is 189 g/mol. The summed E-state index contributed by atoms with van der Waals surface area (Å²) < 4.78 is 12.8. The van der Waals surface area contributed by atoms with Gasteiger partial charge >= 0.3 is 0 Å². The third kappa shape index (κ3) is 4.26. The fourth-order valence-electron chi connectivity index (χ4n) is 1.43. The Morgan fingerprint density at radius 2 is 2.20 bits per heavy atom. The lowest BCUT2D eigenvalue weighted by Gasteiger charge is -2.06. The third-order valence-electron chi connectivity index (χ3n) is 2.34. The highest BCUT2D eigenvalue weighted by molar-refractivity contribution is 5.26. The maximum atomic E-state index is 12.8. The number of rotatable bonds is 5. The highest BCUT2D eigenvalue weighted by atomic mass is 19.1. The quantitative estimate of drug-likeness (QED) is 0.577. The van der Waals surface area contributed by atoms with Crippen LogP contribution >= 0.6 is 0 Å². The fourth-order valence-corrected chi connectivity index (χ4v) is 1.43. The number of halogens is 1. The summed E-state index contributed by atoms with van der Waals surface area (Å²) in [7, 11) is 0. The van der Waals surface area contributed by atoms with Crippen molar-refractivity contribution in [1.82, 2.24) is 5.32 Å². The van der Waals surface area contributed by atoms with E-state index in [9.17, 15) is 4.39 Å². The van der Waals surface area contributed by atoms with Gasteiger partial charge in [-0.1, -0.05) is 18.2 Å². The van der Waals surface area contributed by atoms with E-state index in [1.54, 1.807) is 6.07 Å². The first-order chi connectivity index (χ1) is 7.24. The SMILES string of the molecule is C/C=C/CCNCc1ccc(F)cc1C. The summed E-state index contributed by atoms with van der Waals surface area (Å²) in [4.78, 5) is 0. The summed E-state index contributed by atoms with van der Waals surface area (Å²) in [5.41, 5.74) is 2.17. The zero-order valence-corrected chi connectivity index (χ0v) is 9.39. The Morgan fingerprint density at radius 1 is 1.40 bits per heavy atom. The van der Waals surface area contributed by atoms with E-state index < -0.39 is 0 Å². The van der Waals surface area contributed by atoms with E-state index in [0.717, 1.165) is 30.6 Å². The molecule has 0 aliphatic rings. The molecule has 0 fully saturated rings. The molecule has 1 nitrogen and oxygen atoms in total. The van der Waals surface area contributed by atoms with Crippen molar-refractivity contribution in [2.24, 2.45) is 0 Å². The fraction of sp³-hybridized carbons (Fsp3) is 0.385. The molecule has 1 N–H and O–H groups in total. The van der Waals surface area contributed by atoms with Crippen LogP contribution < -0.4 is 5.32 Å². The Bertz CT molecular complexity index is 331. The maximum Gasteiger partial charge on any atom is 0.123 e. The molecule has 0 aromatic heterocycles. The average molecular weight is 207 g/mol. The van der Waals surface area contributed by atoms with Gasteiger partial charge < -0.3 is 5.32 Å². The molecule has 0 saturated carbocycles. The Kier molecular flexibility index (Phi) is 5.05. The highest BCUT2D eigenvalue weighted by Gasteiger charge is 1.98. The van der Waals surface area contributed by atoms with Crippen molar-refractivity contribution < 1.29 is 4.39 Å². The molecule has 2 heteroatoms. The van der Waals surface area contributed by atoms with E-state index in [0.29, 0.717) is 0 Å². The van der Waals surface area contributed by atoms with Gasteiger partial charge in [0.25, 0.3) is 0 Å². The van der Waals surface area contributed by atoms with Gasteiger partial charge in [0.05, 0.1) is 0 Å². The number of hydrogen-bond donors (Lipinski definition) is 1. The monoisotopic (exact) mass is 207 g/mol. The molecule has 0 radical (unpaired) electrons. The van der Waals surface area contributed by atoms with Crippen LogP contribution in [-0.2, 0) is 6.54 Å². The normalized spacial score (nSPS) is 11.1. The molecule has 15 heavy (non-hydrogen) atoms. The predicted molar refractivity (Wildman–Crippen MR) is 62.3 cm³/mol. The molecule has 0 amide bonds. The first-order valence-corrected chi connectivity index (χ1v) is 5.31. The molecule has 0 bridgehead atoms. The van der Waals surface area contributed by atoms with Crippen molar-refractivity contribution >= 4 is 0 Å². The lowest BCUT2D eigenvalue weighted by molar-refractivity contribution is 0.623. The minimum absolute atomic E-state index is 0.162.